The molecule has 10 heavy (non-hydrogen) atoms. The van der Waals surface area contributed by atoms with Crippen molar-refractivity contribution < 1.29 is 19.0 Å². The van der Waals surface area contributed by atoms with Gasteiger partial charge in [-0.25, -0.2) is 0 Å². The highest BCUT2D eigenvalue weighted by atomic mass is 16.8. The largest absolute Gasteiger partial charge is 0.433 e. The van der Waals surface area contributed by atoms with Crippen molar-refractivity contribution in [2.75, 3.05) is 6.61 Å². The summed E-state index contributed by atoms with van der Waals surface area (Å²) < 4.78 is 14.5. The summed E-state index contributed by atoms with van der Waals surface area (Å²) in [7, 11) is 0. The number of carbonyl (C=O) groups is 1. The molecule has 1 saturated heterocycles. The molecule has 1 aliphatic rings. The Morgan fingerprint density at radius 1 is 1.80 bits per heavy atom. The SMILES string of the molecule is C[C]1OCC(OC(C)=O)O1. The lowest BCUT2D eigenvalue weighted by atomic mass is 10.7. The Bertz CT molecular complexity index is 134. The fourth-order valence-electron chi connectivity index (χ4n) is 0.682. The zero-order chi connectivity index (χ0) is 7.56. The summed E-state index contributed by atoms with van der Waals surface area (Å²) in [4.78, 5) is 10.3. The highest BCUT2D eigenvalue weighted by Gasteiger charge is 2.25. The van der Waals surface area contributed by atoms with Crippen LogP contribution in [-0.2, 0) is 19.0 Å². The molecule has 0 aliphatic carbocycles. The third kappa shape index (κ3) is 1.97. The van der Waals surface area contributed by atoms with E-state index in [1.54, 1.807) is 6.92 Å². The average Bonchev–Trinajstić information content (AvgIpc) is 2.13. The normalized spacial score (nSPS) is 26.8. The molecule has 0 amide bonds. The standard InChI is InChI=1S/C6H9O4/c1-4(7)9-6-3-8-5(2)10-6/h6H,3H2,1-2H3. The number of ether oxygens (including phenoxy) is 3. The van der Waals surface area contributed by atoms with Crippen LogP contribution >= 0.6 is 0 Å². The number of hydrogen-bond acceptors (Lipinski definition) is 4. The maximum absolute atomic E-state index is 10.3. The molecular formula is C6H9O4. The van der Waals surface area contributed by atoms with Crippen molar-refractivity contribution in [2.45, 2.75) is 20.1 Å². The quantitative estimate of drug-likeness (QED) is 0.502. The number of hydrogen-bond donors (Lipinski definition) is 0. The Hall–Kier alpha value is -0.610. The molecule has 4 nitrogen and oxygen atoms in total. The van der Waals surface area contributed by atoms with E-state index in [2.05, 4.69) is 4.74 Å². The highest BCUT2D eigenvalue weighted by molar-refractivity contribution is 5.66. The van der Waals surface area contributed by atoms with Crippen LogP contribution in [0.25, 0.3) is 0 Å². The van der Waals surface area contributed by atoms with Gasteiger partial charge in [0.2, 0.25) is 12.6 Å². The van der Waals surface area contributed by atoms with Crippen LogP contribution in [-0.4, -0.2) is 18.9 Å². The van der Waals surface area contributed by atoms with Crippen molar-refractivity contribution in [1.29, 1.82) is 0 Å². The van der Waals surface area contributed by atoms with E-state index in [1.165, 1.54) is 6.92 Å². The molecule has 0 aromatic carbocycles. The predicted octanol–water partition coefficient (Wildman–Crippen LogP) is 0.432. The van der Waals surface area contributed by atoms with Gasteiger partial charge < -0.3 is 14.2 Å². The van der Waals surface area contributed by atoms with Crippen molar-refractivity contribution in [1.82, 2.24) is 0 Å². The molecule has 0 bridgehead atoms. The molecule has 1 rings (SSSR count). The lowest BCUT2D eigenvalue weighted by molar-refractivity contribution is -0.164. The molecule has 0 saturated carbocycles. The highest BCUT2D eigenvalue weighted by Crippen LogP contribution is 2.17. The molecule has 1 aliphatic heterocycles. The molecule has 1 heterocycles. The number of rotatable bonds is 1. The van der Waals surface area contributed by atoms with Gasteiger partial charge >= 0.3 is 5.97 Å². The van der Waals surface area contributed by atoms with E-state index in [-0.39, 0.29) is 5.97 Å². The summed E-state index contributed by atoms with van der Waals surface area (Å²) in [6.07, 6.45) is -0.0938. The minimum Gasteiger partial charge on any atom is -0.433 e. The Balaban J connectivity index is 2.24. The zero-order valence-electron chi connectivity index (χ0n) is 5.92. The predicted molar refractivity (Wildman–Crippen MR) is 31.5 cm³/mol. The molecular weight excluding hydrogens is 136 g/mol. The summed E-state index contributed by atoms with van der Waals surface area (Å²) in [6.45, 7) is 3.30. The van der Waals surface area contributed by atoms with Crippen LogP contribution in [0.15, 0.2) is 0 Å². The lowest BCUT2D eigenvalue weighted by Gasteiger charge is -2.06. The molecule has 0 spiro atoms. The van der Waals surface area contributed by atoms with E-state index >= 15 is 0 Å². The van der Waals surface area contributed by atoms with Crippen LogP contribution in [0, 0.1) is 6.29 Å². The van der Waals surface area contributed by atoms with Crippen molar-refractivity contribution in [2.24, 2.45) is 0 Å². The maximum atomic E-state index is 10.3. The third-order valence-electron chi connectivity index (χ3n) is 1.02. The third-order valence-corrected chi connectivity index (χ3v) is 1.02. The molecule has 0 aromatic heterocycles. The van der Waals surface area contributed by atoms with Gasteiger partial charge in [0.25, 0.3) is 0 Å². The molecule has 1 unspecified atom stereocenters. The van der Waals surface area contributed by atoms with Crippen LogP contribution < -0.4 is 0 Å². The van der Waals surface area contributed by atoms with E-state index in [0.29, 0.717) is 12.9 Å². The van der Waals surface area contributed by atoms with Gasteiger partial charge in [0.1, 0.15) is 6.61 Å². The molecule has 1 fully saturated rings. The average molecular weight is 145 g/mol. The lowest BCUT2D eigenvalue weighted by Crippen LogP contribution is -2.17. The first-order valence-corrected chi connectivity index (χ1v) is 2.98. The summed E-state index contributed by atoms with van der Waals surface area (Å²) in [5.74, 6) is -0.358. The van der Waals surface area contributed by atoms with E-state index in [4.69, 9.17) is 9.47 Å². The van der Waals surface area contributed by atoms with Gasteiger partial charge in [-0.15, -0.1) is 0 Å². The zero-order valence-corrected chi connectivity index (χ0v) is 5.92. The smallest absolute Gasteiger partial charge is 0.305 e. The first-order valence-electron chi connectivity index (χ1n) is 2.98. The second-order valence-corrected chi connectivity index (χ2v) is 1.96. The van der Waals surface area contributed by atoms with Crippen molar-refractivity contribution in [3.63, 3.8) is 0 Å². The van der Waals surface area contributed by atoms with Crippen molar-refractivity contribution in [3.05, 3.63) is 6.29 Å². The van der Waals surface area contributed by atoms with Crippen LogP contribution in [0.3, 0.4) is 0 Å². The van der Waals surface area contributed by atoms with Gasteiger partial charge in [0.05, 0.1) is 0 Å². The van der Waals surface area contributed by atoms with Gasteiger partial charge in [0, 0.05) is 6.92 Å². The van der Waals surface area contributed by atoms with Crippen LogP contribution in [0.4, 0.5) is 0 Å². The second-order valence-electron chi connectivity index (χ2n) is 1.96. The monoisotopic (exact) mass is 145 g/mol. The van der Waals surface area contributed by atoms with E-state index < -0.39 is 6.29 Å². The van der Waals surface area contributed by atoms with Gasteiger partial charge in [-0.2, -0.15) is 0 Å². The first-order chi connectivity index (χ1) is 4.68. The molecule has 57 valence electrons. The van der Waals surface area contributed by atoms with Crippen molar-refractivity contribution in [3.8, 4) is 0 Å². The Labute approximate surface area is 59.1 Å². The van der Waals surface area contributed by atoms with E-state index in [0.717, 1.165) is 0 Å². The Morgan fingerprint density at radius 3 is 2.90 bits per heavy atom. The molecule has 0 N–H and O–H groups in total. The van der Waals surface area contributed by atoms with Gasteiger partial charge in [-0.05, 0) is 6.92 Å². The fraction of sp³-hybridized carbons (Fsp3) is 0.667. The van der Waals surface area contributed by atoms with Crippen LogP contribution in [0.2, 0.25) is 0 Å². The van der Waals surface area contributed by atoms with Crippen LogP contribution in [0.1, 0.15) is 13.8 Å². The Kier molecular flexibility index (Phi) is 2.24. The van der Waals surface area contributed by atoms with Crippen molar-refractivity contribution >= 4 is 5.97 Å². The van der Waals surface area contributed by atoms with Gasteiger partial charge in [-0.3, -0.25) is 4.79 Å². The second kappa shape index (κ2) is 2.98. The Morgan fingerprint density at radius 2 is 2.50 bits per heavy atom. The minimum absolute atomic E-state index is 0.297. The molecule has 4 heteroatoms. The van der Waals surface area contributed by atoms with Gasteiger partial charge in [0.15, 0.2) is 0 Å². The molecule has 0 aromatic rings. The molecule has 1 atom stereocenters. The summed E-state index contributed by atoms with van der Waals surface area (Å²) in [5.41, 5.74) is 0. The van der Waals surface area contributed by atoms with Crippen LogP contribution in [0.5, 0.6) is 0 Å². The number of esters is 1. The van der Waals surface area contributed by atoms with Gasteiger partial charge in [-0.1, -0.05) is 0 Å². The maximum Gasteiger partial charge on any atom is 0.305 e. The minimum atomic E-state index is -0.544. The number of carbonyl (C=O) groups excluding carboxylic acids is 1. The van der Waals surface area contributed by atoms with E-state index in [1.807, 2.05) is 0 Å². The fourth-order valence-corrected chi connectivity index (χ4v) is 0.682. The summed E-state index contributed by atoms with van der Waals surface area (Å²) in [6, 6.07) is 0. The topological polar surface area (TPSA) is 44.8 Å². The van der Waals surface area contributed by atoms with E-state index in [9.17, 15) is 4.79 Å². The summed E-state index contributed by atoms with van der Waals surface area (Å²) >= 11 is 0. The molecule has 1 radical (unpaired) electrons. The first kappa shape index (κ1) is 7.50. The summed E-state index contributed by atoms with van der Waals surface area (Å²) in [5, 5.41) is 0.